The highest BCUT2D eigenvalue weighted by Crippen LogP contribution is 2.42. The minimum atomic E-state index is -0.488. The summed E-state index contributed by atoms with van der Waals surface area (Å²) in [6.07, 6.45) is 3.65. The fraction of sp³-hybridized carbons (Fsp3) is 0.200. The lowest BCUT2D eigenvalue weighted by molar-refractivity contribution is -0.384. The molecular weight excluding hydrogens is 494 g/mol. The number of anilines is 2. The number of para-hydroxylation sites is 2. The molecule has 1 saturated carbocycles. The molecule has 39 heavy (non-hydrogen) atoms. The zero-order valence-electron chi connectivity index (χ0n) is 21.4. The number of carbonyl (C=O) groups is 2. The van der Waals surface area contributed by atoms with Crippen molar-refractivity contribution in [1.29, 1.82) is 0 Å². The van der Waals surface area contributed by atoms with Gasteiger partial charge in [0.1, 0.15) is 12.6 Å². The van der Waals surface area contributed by atoms with Crippen molar-refractivity contribution < 1.29 is 14.5 Å². The van der Waals surface area contributed by atoms with Gasteiger partial charge in [-0.3, -0.25) is 19.8 Å². The van der Waals surface area contributed by atoms with Crippen LogP contribution in [0.25, 0.3) is 5.69 Å². The van der Waals surface area contributed by atoms with Crippen molar-refractivity contribution >= 4 is 29.0 Å². The number of nitro benzene ring substituents is 1. The first-order chi connectivity index (χ1) is 18.9. The third-order valence-corrected chi connectivity index (χ3v) is 7.23. The number of aryl methyl sites for hydroxylation is 1. The maximum atomic E-state index is 14.2. The van der Waals surface area contributed by atoms with Gasteiger partial charge in [0, 0.05) is 30.1 Å². The highest BCUT2D eigenvalue weighted by Gasteiger charge is 2.40. The van der Waals surface area contributed by atoms with Crippen molar-refractivity contribution in [2.24, 2.45) is 0 Å². The molecule has 1 fully saturated rings. The largest absolute Gasteiger partial charge is 0.322 e. The van der Waals surface area contributed by atoms with E-state index in [-0.39, 0.29) is 30.2 Å². The summed E-state index contributed by atoms with van der Waals surface area (Å²) >= 11 is 0. The maximum absolute atomic E-state index is 14.2. The quantitative estimate of drug-likeness (QED) is 0.255. The Bertz CT molecular complexity index is 1570. The molecule has 1 aliphatic carbocycles. The van der Waals surface area contributed by atoms with Crippen LogP contribution in [0.4, 0.5) is 21.9 Å². The van der Waals surface area contributed by atoms with Gasteiger partial charge in [-0.05, 0) is 61.7 Å². The van der Waals surface area contributed by atoms with E-state index in [2.05, 4.69) is 16.0 Å². The number of hydrogen-bond donors (Lipinski definition) is 1. The Hall–Kier alpha value is -4.92. The summed E-state index contributed by atoms with van der Waals surface area (Å²) < 4.78 is 2.12. The van der Waals surface area contributed by atoms with Crippen molar-refractivity contribution in [3.63, 3.8) is 0 Å². The van der Waals surface area contributed by atoms with E-state index < -0.39 is 11.0 Å². The molecule has 3 amide bonds. The number of urea groups is 1. The number of amides is 3. The Kier molecular flexibility index (Phi) is 6.11. The van der Waals surface area contributed by atoms with Crippen molar-refractivity contribution in [3.8, 4) is 5.69 Å². The lowest BCUT2D eigenvalue weighted by atomic mass is 9.96. The molecular formula is C30H27N5O4. The second-order valence-corrected chi connectivity index (χ2v) is 9.97. The van der Waals surface area contributed by atoms with Crippen molar-refractivity contribution in [2.45, 2.75) is 31.8 Å². The summed E-state index contributed by atoms with van der Waals surface area (Å²) in [5.41, 5.74) is 5.12. The Morgan fingerprint density at radius 3 is 2.41 bits per heavy atom. The van der Waals surface area contributed by atoms with E-state index in [0.717, 1.165) is 41.0 Å². The molecule has 196 valence electrons. The molecule has 2 aliphatic rings. The average Bonchev–Trinajstić information content (AvgIpc) is 3.66. The molecule has 0 saturated heterocycles. The number of aromatic nitrogens is 1. The number of benzene rings is 3. The van der Waals surface area contributed by atoms with Crippen LogP contribution in [0.15, 0.2) is 91.1 Å². The van der Waals surface area contributed by atoms with Crippen LogP contribution >= 0.6 is 0 Å². The molecule has 6 rings (SSSR count). The van der Waals surface area contributed by atoms with Gasteiger partial charge in [0.15, 0.2) is 0 Å². The number of rotatable bonds is 6. The van der Waals surface area contributed by atoms with E-state index in [1.807, 2.05) is 72.6 Å². The number of carbonyl (C=O) groups excluding carboxylic acids is 2. The van der Waals surface area contributed by atoms with Crippen LogP contribution < -0.4 is 10.2 Å². The molecule has 1 aliphatic heterocycles. The van der Waals surface area contributed by atoms with E-state index in [0.29, 0.717) is 5.69 Å². The summed E-state index contributed by atoms with van der Waals surface area (Å²) in [5.74, 6) is -0.188. The molecule has 2 heterocycles. The van der Waals surface area contributed by atoms with E-state index in [4.69, 9.17) is 0 Å². The second-order valence-electron chi connectivity index (χ2n) is 9.97. The van der Waals surface area contributed by atoms with Crippen LogP contribution in [0.3, 0.4) is 0 Å². The smallest absolute Gasteiger partial charge is 0.316 e. The molecule has 1 aromatic heterocycles. The Morgan fingerprint density at radius 1 is 0.974 bits per heavy atom. The predicted octanol–water partition coefficient (Wildman–Crippen LogP) is 5.83. The lowest BCUT2D eigenvalue weighted by Gasteiger charge is -2.39. The van der Waals surface area contributed by atoms with Crippen molar-refractivity contribution in [1.82, 2.24) is 9.47 Å². The van der Waals surface area contributed by atoms with Gasteiger partial charge < -0.3 is 14.8 Å². The molecule has 0 unspecified atom stereocenters. The molecule has 1 atom stereocenters. The fourth-order valence-electron chi connectivity index (χ4n) is 5.25. The number of nitrogens with one attached hydrogen (secondary N) is 1. The molecule has 0 radical (unpaired) electrons. The summed E-state index contributed by atoms with van der Waals surface area (Å²) in [7, 11) is 0. The van der Waals surface area contributed by atoms with Gasteiger partial charge in [0.2, 0.25) is 5.91 Å². The Balaban J connectivity index is 1.33. The molecule has 9 heteroatoms. The van der Waals surface area contributed by atoms with E-state index in [9.17, 15) is 19.7 Å². The zero-order chi connectivity index (χ0) is 27.1. The van der Waals surface area contributed by atoms with Gasteiger partial charge in [-0.1, -0.05) is 42.0 Å². The molecule has 3 aromatic carbocycles. The van der Waals surface area contributed by atoms with Gasteiger partial charge >= 0.3 is 6.03 Å². The normalized spacial score (nSPS) is 15.7. The summed E-state index contributed by atoms with van der Waals surface area (Å²) in [6.45, 7) is 1.93. The minimum Gasteiger partial charge on any atom is -0.316 e. The van der Waals surface area contributed by atoms with E-state index in [1.54, 1.807) is 4.90 Å². The van der Waals surface area contributed by atoms with Crippen LogP contribution in [-0.4, -0.2) is 38.9 Å². The predicted molar refractivity (Wildman–Crippen MR) is 148 cm³/mol. The van der Waals surface area contributed by atoms with Gasteiger partial charge in [-0.2, -0.15) is 0 Å². The van der Waals surface area contributed by atoms with Gasteiger partial charge in [-0.25, -0.2) is 4.79 Å². The summed E-state index contributed by atoms with van der Waals surface area (Å²) in [5, 5.41) is 13.8. The number of nitro groups is 1. The van der Waals surface area contributed by atoms with Crippen LogP contribution in [0.2, 0.25) is 0 Å². The van der Waals surface area contributed by atoms with E-state index in [1.165, 1.54) is 24.3 Å². The topological polar surface area (TPSA) is 101 Å². The molecule has 1 N–H and O–H groups in total. The highest BCUT2D eigenvalue weighted by molar-refractivity contribution is 6.01. The van der Waals surface area contributed by atoms with Crippen molar-refractivity contribution in [2.75, 3.05) is 16.8 Å². The van der Waals surface area contributed by atoms with Gasteiger partial charge in [-0.15, -0.1) is 0 Å². The standard InChI is InChI=1S/C30H27N5O4/c1-20-6-4-7-21(18-20)29-27-10-5-17-32(27)25-8-2-3-9-26(25)34(29)28(36)19-33(23-15-16-23)30(37)31-22-11-13-24(14-12-22)35(38)39/h2-14,17-18,23,29H,15-16,19H2,1H3,(H,31,37)/t29-/m0/s1. The zero-order valence-corrected chi connectivity index (χ0v) is 21.4. The van der Waals surface area contributed by atoms with Crippen LogP contribution in [0.1, 0.15) is 35.7 Å². The third-order valence-electron chi connectivity index (χ3n) is 7.23. The third kappa shape index (κ3) is 4.63. The van der Waals surface area contributed by atoms with Gasteiger partial charge in [0.25, 0.3) is 5.69 Å². The average molecular weight is 522 g/mol. The van der Waals surface area contributed by atoms with Crippen molar-refractivity contribution in [3.05, 3.63) is 118 Å². The monoisotopic (exact) mass is 521 g/mol. The summed E-state index contributed by atoms with van der Waals surface area (Å²) in [4.78, 5) is 41.4. The first-order valence-electron chi connectivity index (χ1n) is 12.9. The first-order valence-corrected chi connectivity index (χ1v) is 12.9. The first kappa shape index (κ1) is 24.4. The van der Waals surface area contributed by atoms with Crippen LogP contribution in [-0.2, 0) is 4.79 Å². The Labute approximate surface area is 225 Å². The van der Waals surface area contributed by atoms with Crippen LogP contribution in [0, 0.1) is 17.0 Å². The maximum Gasteiger partial charge on any atom is 0.322 e. The Morgan fingerprint density at radius 2 is 1.72 bits per heavy atom. The molecule has 0 bridgehead atoms. The minimum absolute atomic E-state index is 0.0340. The van der Waals surface area contributed by atoms with Crippen LogP contribution in [0.5, 0.6) is 0 Å². The number of hydrogen-bond acceptors (Lipinski definition) is 4. The number of nitrogens with zero attached hydrogens (tertiary/aromatic N) is 4. The highest BCUT2D eigenvalue weighted by atomic mass is 16.6. The molecule has 0 spiro atoms. The molecule has 4 aromatic rings. The van der Waals surface area contributed by atoms with E-state index >= 15 is 0 Å². The fourth-order valence-corrected chi connectivity index (χ4v) is 5.25. The second kappa shape index (κ2) is 9.75. The number of non-ortho nitro benzene ring substituents is 1. The number of fused-ring (bicyclic) bond motifs is 3. The summed E-state index contributed by atoms with van der Waals surface area (Å²) in [6, 6.07) is 24.8. The van der Waals surface area contributed by atoms with Gasteiger partial charge in [0.05, 0.1) is 22.0 Å². The lowest BCUT2D eigenvalue weighted by Crippen LogP contribution is -2.48. The molecule has 9 nitrogen and oxygen atoms in total. The SMILES string of the molecule is Cc1cccc([C@H]2c3cccn3-c3ccccc3N2C(=O)CN(C(=O)Nc2ccc([N+](=O)[O-])cc2)C2CC2)c1.